The summed E-state index contributed by atoms with van der Waals surface area (Å²) in [6.45, 7) is 14.6. The van der Waals surface area contributed by atoms with Gasteiger partial charge in [0, 0.05) is 64.5 Å². The van der Waals surface area contributed by atoms with Crippen LogP contribution >= 0.6 is 0 Å². The number of esters is 2. The van der Waals surface area contributed by atoms with Crippen LogP contribution in [0, 0.1) is 12.8 Å². The minimum atomic E-state index is -1.97. The highest BCUT2D eigenvalue weighted by Crippen LogP contribution is 2.48. The van der Waals surface area contributed by atoms with Crippen LogP contribution in [0.25, 0.3) is 10.8 Å². The Morgan fingerprint density at radius 3 is 1.77 bits per heavy atom. The summed E-state index contributed by atoms with van der Waals surface area (Å²) in [6.07, 6.45) is -27.3. The molecule has 8 rings (SSSR count). The molecule has 25 unspecified atom stereocenters. The fraction of sp³-hybridized carbons (Fsp3) is 0.750. The number of fused-ring (bicyclic) bond motifs is 2. The molecule has 0 radical (unpaired) electrons. The van der Waals surface area contributed by atoms with Crippen molar-refractivity contribution in [3.05, 3.63) is 28.8 Å². The van der Waals surface area contributed by atoms with Gasteiger partial charge in [-0.3, -0.25) is 19.2 Å². The highest BCUT2D eigenvalue weighted by atomic mass is 16.7. The van der Waals surface area contributed by atoms with Gasteiger partial charge >= 0.3 is 11.9 Å². The molecule has 26 heteroatoms. The highest BCUT2D eigenvalue weighted by Gasteiger charge is 2.52. The zero-order valence-electron chi connectivity index (χ0n) is 47.7. The van der Waals surface area contributed by atoms with E-state index in [2.05, 4.69) is 0 Å². The molecule has 9 N–H and O–H groups in total. The first-order valence-electron chi connectivity index (χ1n) is 27.8. The largest absolute Gasteiger partial charge is 0.507 e. The van der Waals surface area contributed by atoms with Crippen molar-refractivity contribution in [3.8, 4) is 17.2 Å². The number of carbonyl (C=O) groups is 4. The van der Waals surface area contributed by atoms with E-state index in [4.69, 9.17) is 61.6 Å². The van der Waals surface area contributed by atoms with E-state index in [1.54, 1.807) is 27.7 Å². The van der Waals surface area contributed by atoms with E-state index in [1.807, 2.05) is 0 Å². The van der Waals surface area contributed by atoms with Crippen LogP contribution in [0.4, 0.5) is 0 Å². The van der Waals surface area contributed by atoms with Gasteiger partial charge in [0.1, 0.15) is 65.6 Å². The van der Waals surface area contributed by atoms with E-state index in [0.29, 0.717) is 0 Å². The molecule has 2 aromatic rings. The molecule has 0 saturated carbocycles. The molecule has 0 aromatic heterocycles. The first-order chi connectivity index (χ1) is 38.5. The number of phenols is 2. The molecule has 460 valence electrons. The maximum Gasteiger partial charge on any atom is 0.303 e. The number of hydrogen-bond acceptors (Lipinski definition) is 26. The quantitative estimate of drug-likeness (QED) is 0.0993. The third kappa shape index (κ3) is 13.5. The maximum atomic E-state index is 15.1. The molecule has 6 aliphatic rings. The van der Waals surface area contributed by atoms with Crippen LogP contribution in [0.15, 0.2) is 12.1 Å². The van der Waals surface area contributed by atoms with E-state index in [1.165, 1.54) is 60.8 Å². The topological polar surface area (TPSA) is 370 Å². The Labute approximate surface area is 473 Å². The predicted octanol–water partition coefficient (Wildman–Crippen LogP) is 0.892. The average Bonchev–Trinajstić information content (AvgIpc) is 2.83. The normalized spacial score (nSPS) is 40.1. The summed E-state index contributed by atoms with van der Waals surface area (Å²) in [5.41, 5.74) is -1.55. The van der Waals surface area contributed by atoms with Crippen LogP contribution in [0.2, 0.25) is 0 Å². The Morgan fingerprint density at radius 1 is 0.683 bits per heavy atom. The van der Waals surface area contributed by atoms with Gasteiger partial charge in [-0.15, -0.1) is 0 Å². The van der Waals surface area contributed by atoms with Crippen molar-refractivity contribution < 1.29 is 127 Å². The van der Waals surface area contributed by atoms with Crippen LogP contribution in [0.5, 0.6) is 17.2 Å². The number of carbonyl (C=O) groups excluding carboxylic acids is 4. The minimum absolute atomic E-state index is 0.0580. The lowest BCUT2D eigenvalue weighted by Crippen LogP contribution is -2.59. The lowest BCUT2D eigenvalue weighted by molar-refractivity contribution is -0.334. The molecule has 0 spiro atoms. The molecule has 25 atom stereocenters. The van der Waals surface area contributed by atoms with Gasteiger partial charge in [-0.05, 0) is 84.9 Å². The van der Waals surface area contributed by atoms with Gasteiger partial charge in [-0.2, -0.15) is 0 Å². The SMILES string of the molecule is COC(C(=O)C(O)C(C)O)C1Cc2cc3cc(OC4CC(OC5CC(O)C(O)C(C)O5)C(OC(C)=O)C(C)O4)c(C)c(O)c3c(O)c2C(=O)C1OC1CC(OC2CC(OC3CC(C)(O)C(OC(C)=O)C(C)O3)C(O)C(C)O2)C(O)C(C)O1. The second-order valence-corrected chi connectivity index (χ2v) is 22.9. The average molecular weight is 1170 g/mol. The molecule has 1 aliphatic carbocycles. The lowest BCUT2D eigenvalue weighted by Gasteiger charge is -2.46. The molecule has 5 saturated heterocycles. The van der Waals surface area contributed by atoms with Gasteiger partial charge in [-0.1, -0.05) is 0 Å². The number of rotatable bonds is 17. The fourth-order valence-corrected chi connectivity index (χ4v) is 12.1. The summed E-state index contributed by atoms with van der Waals surface area (Å²) < 4.78 is 78.3. The number of benzene rings is 2. The monoisotopic (exact) mass is 1170 g/mol. The van der Waals surface area contributed by atoms with Crippen molar-refractivity contribution in [2.75, 3.05) is 7.11 Å². The van der Waals surface area contributed by atoms with E-state index in [-0.39, 0.29) is 71.7 Å². The first-order valence-corrected chi connectivity index (χ1v) is 27.8. The molecule has 2 aromatic carbocycles. The molecular weight excluding hydrogens is 1090 g/mol. The third-order valence-corrected chi connectivity index (χ3v) is 16.4. The highest BCUT2D eigenvalue weighted by molar-refractivity contribution is 6.11. The van der Waals surface area contributed by atoms with Crippen LogP contribution in [-0.4, -0.2) is 223 Å². The molecule has 26 nitrogen and oxygen atoms in total. The van der Waals surface area contributed by atoms with Crippen LogP contribution in [0.3, 0.4) is 0 Å². The second kappa shape index (κ2) is 25.7. The zero-order chi connectivity index (χ0) is 60.1. The Hall–Kier alpha value is -4.30. The first kappa shape index (κ1) is 63.7. The molecule has 5 aliphatic heterocycles. The van der Waals surface area contributed by atoms with Gasteiger partial charge < -0.3 is 108 Å². The summed E-state index contributed by atoms with van der Waals surface area (Å²) in [7, 11) is 1.17. The smallest absolute Gasteiger partial charge is 0.303 e. The van der Waals surface area contributed by atoms with E-state index in [9.17, 15) is 60.3 Å². The number of aromatic hydroxyl groups is 2. The van der Waals surface area contributed by atoms with Gasteiger partial charge in [0.25, 0.3) is 0 Å². The summed E-state index contributed by atoms with van der Waals surface area (Å²) in [5, 5.41) is 99.9. The van der Waals surface area contributed by atoms with Crippen LogP contribution < -0.4 is 4.74 Å². The van der Waals surface area contributed by atoms with Gasteiger partial charge in [0.05, 0.1) is 65.9 Å². The molecule has 5 heterocycles. The number of phenolic OH excluding ortho intramolecular Hbond substituents is 2. The lowest BCUT2D eigenvalue weighted by atomic mass is 9.75. The van der Waals surface area contributed by atoms with Crippen molar-refractivity contribution >= 4 is 34.3 Å². The number of ketones is 2. The minimum Gasteiger partial charge on any atom is -0.507 e. The number of ether oxygens (including phenoxy) is 13. The summed E-state index contributed by atoms with van der Waals surface area (Å²) in [4.78, 5) is 53.1. The van der Waals surface area contributed by atoms with Crippen molar-refractivity contribution in [2.24, 2.45) is 5.92 Å². The molecule has 5 fully saturated rings. The van der Waals surface area contributed by atoms with Crippen LogP contribution in [-0.2, 0) is 77.6 Å². The number of Topliss-reactive ketones (excluding diaryl/α,β-unsaturated/α-hetero) is 2. The Bertz CT molecular complexity index is 2600. The molecular formula is C56H80O26. The van der Waals surface area contributed by atoms with E-state index in [0.717, 1.165) is 0 Å². The van der Waals surface area contributed by atoms with Crippen molar-refractivity contribution in [3.63, 3.8) is 0 Å². The molecule has 82 heavy (non-hydrogen) atoms. The Balaban J connectivity index is 1.04. The Morgan fingerprint density at radius 2 is 1.21 bits per heavy atom. The molecule has 0 bridgehead atoms. The summed E-state index contributed by atoms with van der Waals surface area (Å²) in [5.74, 6) is -5.41. The van der Waals surface area contributed by atoms with Crippen molar-refractivity contribution in [1.82, 2.24) is 0 Å². The number of aliphatic hydroxyl groups is 7. The zero-order valence-corrected chi connectivity index (χ0v) is 47.7. The van der Waals surface area contributed by atoms with Gasteiger partial charge in [-0.25, -0.2) is 0 Å². The third-order valence-electron chi connectivity index (χ3n) is 16.4. The number of hydrogen-bond donors (Lipinski definition) is 9. The van der Waals surface area contributed by atoms with Gasteiger partial charge in [0.15, 0.2) is 48.9 Å². The maximum absolute atomic E-state index is 15.1. The number of aliphatic hydroxyl groups excluding tert-OH is 6. The molecule has 0 amide bonds. The summed E-state index contributed by atoms with van der Waals surface area (Å²) in [6, 6.07) is 3.01. The fourth-order valence-electron chi connectivity index (χ4n) is 12.1. The standard InChI is InChI=1S/C56H80O26/c1-20-33(78-39-18-36(52(25(6)74-39)76-27(8)58)81-37-15-32(60)46(63)22(3)71-37)14-30-12-29-13-31(53(70-11)51(68)45(62)21(2)57)54(50(67)43(29)49(66)42(30)44(20)61)82-40-17-34(47(64)24(5)73-40)79-38-16-35(48(65)23(4)72-38)80-41-19-56(10,69)55(26(7)75-41)77-28(9)59/h12,14,21-26,31-32,34-41,45-48,52-55,57,60-66,69H,13,15-19H2,1-11H3. The van der Waals surface area contributed by atoms with Gasteiger partial charge in [0.2, 0.25) is 6.29 Å². The van der Waals surface area contributed by atoms with E-state index >= 15 is 4.79 Å². The van der Waals surface area contributed by atoms with Crippen molar-refractivity contribution in [1.29, 1.82) is 0 Å². The van der Waals surface area contributed by atoms with E-state index < -0.39 is 188 Å². The second-order valence-electron chi connectivity index (χ2n) is 22.9. The van der Waals surface area contributed by atoms with Crippen molar-refractivity contribution in [2.45, 2.75) is 255 Å². The van der Waals surface area contributed by atoms with Crippen LogP contribution in [0.1, 0.15) is 116 Å². The summed E-state index contributed by atoms with van der Waals surface area (Å²) >= 11 is 0. The predicted molar refractivity (Wildman–Crippen MR) is 278 cm³/mol. The number of methoxy groups -OCH3 is 1. The Kier molecular flexibility index (Phi) is 20.0.